The predicted octanol–water partition coefficient (Wildman–Crippen LogP) is 0.690. The van der Waals surface area contributed by atoms with Crippen molar-refractivity contribution < 1.29 is 4.74 Å². The van der Waals surface area contributed by atoms with Crippen LogP contribution < -0.4 is 5.73 Å². The molecule has 0 radical (unpaired) electrons. The van der Waals surface area contributed by atoms with E-state index in [9.17, 15) is 0 Å². The van der Waals surface area contributed by atoms with Crippen LogP contribution in [0.3, 0.4) is 0 Å². The van der Waals surface area contributed by atoms with Crippen molar-refractivity contribution in [3.05, 3.63) is 0 Å². The van der Waals surface area contributed by atoms with Crippen LogP contribution >= 0.6 is 0 Å². The second-order valence-electron chi connectivity index (χ2n) is 3.46. The van der Waals surface area contributed by atoms with E-state index >= 15 is 0 Å². The maximum Gasteiger partial charge on any atom is 0.0705 e. The van der Waals surface area contributed by atoms with Crippen LogP contribution in [0.25, 0.3) is 0 Å². The molecule has 74 valence electrons. The van der Waals surface area contributed by atoms with Gasteiger partial charge in [-0.25, -0.2) is 0 Å². The molecule has 0 aromatic carbocycles. The molecule has 0 heterocycles. The van der Waals surface area contributed by atoms with Crippen molar-refractivity contribution in [1.29, 1.82) is 0 Å². The van der Waals surface area contributed by atoms with Gasteiger partial charge >= 0.3 is 0 Å². The van der Waals surface area contributed by atoms with Crippen molar-refractivity contribution >= 4 is 0 Å². The molecular weight excluding hydrogens is 152 g/mol. The average molecular weight is 174 g/mol. The Kier molecular flexibility index (Phi) is 6.34. The summed E-state index contributed by atoms with van der Waals surface area (Å²) in [4.78, 5) is 2.29. The topological polar surface area (TPSA) is 38.5 Å². The molecule has 0 aromatic heterocycles. The molecule has 0 aliphatic rings. The van der Waals surface area contributed by atoms with E-state index in [4.69, 9.17) is 10.5 Å². The number of nitrogens with zero attached hydrogens (tertiary/aromatic N) is 1. The van der Waals surface area contributed by atoms with Gasteiger partial charge in [0.05, 0.1) is 6.10 Å². The van der Waals surface area contributed by atoms with Gasteiger partial charge in [0.25, 0.3) is 0 Å². The number of hydrogen-bond acceptors (Lipinski definition) is 3. The van der Waals surface area contributed by atoms with E-state index in [1.54, 1.807) is 7.11 Å². The van der Waals surface area contributed by atoms with Gasteiger partial charge in [0, 0.05) is 26.2 Å². The van der Waals surface area contributed by atoms with E-state index in [0.29, 0.717) is 12.6 Å². The first-order valence-corrected chi connectivity index (χ1v) is 4.55. The minimum Gasteiger partial charge on any atom is -0.380 e. The lowest BCUT2D eigenvalue weighted by atomic mass is 10.2. The molecule has 1 atom stereocenters. The second kappa shape index (κ2) is 6.40. The molecule has 0 aromatic rings. The monoisotopic (exact) mass is 174 g/mol. The van der Waals surface area contributed by atoms with Gasteiger partial charge in [-0.05, 0) is 27.3 Å². The average Bonchev–Trinajstić information content (AvgIpc) is 2.05. The van der Waals surface area contributed by atoms with Crippen LogP contribution in [-0.4, -0.2) is 44.3 Å². The maximum absolute atomic E-state index is 5.50. The predicted molar refractivity (Wildman–Crippen MR) is 52.2 cm³/mol. The summed E-state index contributed by atoms with van der Waals surface area (Å²) in [5.41, 5.74) is 5.50. The van der Waals surface area contributed by atoms with Crippen LogP contribution in [0.4, 0.5) is 0 Å². The van der Waals surface area contributed by atoms with Crippen molar-refractivity contribution in [3.63, 3.8) is 0 Å². The SMILES string of the molecule is COC(CN)CCN(C)C(C)C. The third kappa shape index (κ3) is 4.70. The zero-order valence-electron chi connectivity index (χ0n) is 8.71. The fraction of sp³-hybridized carbons (Fsp3) is 1.00. The smallest absolute Gasteiger partial charge is 0.0705 e. The van der Waals surface area contributed by atoms with E-state index in [-0.39, 0.29) is 6.10 Å². The van der Waals surface area contributed by atoms with Crippen molar-refractivity contribution in [2.75, 3.05) is 27.2 Å². The van der Waals surface area contributed by atoms with Gasteiger partial charge in [-0.3, -0.25) is 0 Å². The molecule has 0 saturated heterocycles. The van der Waals surface area contributed by atoms with Crippen LogP contribution in [0.5, 0.6) is 0 Å². The minimum absolute atomic E-state index is 0.214. The lowest BCUT2D eigenvalue weighted by molar-refractivity contribution is 0.0892. The Hall–Kier alpha value is -0.120. The Bertz CT molecular complexity index is 101. The Morgan fingerprint density at radius 2 is 2.00 bits per heavy atom. The molecule has 3 nitrogen and oxygen atoms in total. The third-order valence-corrected chi connectivity index (χ3v) is 2.28. The molecule has 0 bridgehead atoms. The lowest BCUT2D eigenvalue weighted by Crippen LogP contribution is -2.32. The van der Waals surface area contributed by atoms with Gasteiger partial charge in [0.15, 0.2) is 0 Å². The third-order valence-electron chi connectivity index (χ3n) is 2.28. The van der Waals surface area contributed by atoms with Crippen LogP contribution in [0.2, 0.25) is 0 Å². The summed E-state index contributed by atoms with van der Waals surface area (Å²) in [6, 6.07) is 0.597. The molecule has 0 rings (SSSR count). The first-order valence-electron chi connectivity index (χ1n) is 4.55. The highest BCUT2D eigenvalue weighted by atomic mass is 16.5. The van der Waals surface area contributed by atoms with Crippen LogP contribution in [0.1, 0.15) is 20.3 Å². The fourth-order valence-electron chi connectivity index (χ4n) is 0.938. The zero-order chi connectivity index (χ0) is 9.56. The summed E-state index contributed by atoms with van der Waals surface area (Å²) in [5.74, 6) is 0. The van der Waals surface area contributed by atoms with E-state index in [1.807, 2.05) is 0 Å². The molecule has 0 amide bonds. The summed E-state index contributed by atoms with van der Waals surface area (Å²) in [5, 5.41) is 0. The first kappa shape index (κ1) is 11.9. The minimum atomic E-state index is 0.214. The van der Waals surface area contributed by atoms with Gasteiger partial charge < -0.3 is 15.4 Å². The molecule has 0 aliphatic carbocycles. The van der Waals surface area contributed by atoms with Gasteiger partial charge in [0.1, 0.15) is 0 Å². The highest BCUT2D eigenvalue weighted by Crippen LogP contribution is 2.00. The fourth-order valence-corrected chi connectivity index (χ4v) is 0.938. The Morgan fingerprint density at radius 3 is 2.33 bits per heavy atom. The maximum atomic E-state index is 5.50. The van der Waals surface area contributed by atoms with Crippen LogP contribution in [-0.2, 0) is 4.74 Å². The molecule has 0 saturated carbocycles. The van der Waals surface area contributed by atoms with E-state index in [2.05, 4.69) is 25.8 Å². The van der Waals surface area contributed by atoms with Gasteiger partial charge in [-0.2, -0.15) is 0 Å². The normalized spacial score (nSPS) is 14.2. The highest BCUT2D eigenvalue weighted by molar-refractivity contribution is 4.63. The summed E-state index contributed by atoms with van der Waals surface area (Å²) >= 11 is 0. The number of nitrogens with two attached hydrogens (primary N) is 1. The molecular formula is C9H22N2O. The summed E-state index contributed by atoms with van der Waals surface area (Å²) < 4.78 is 5.18. The number of methoxy groups -OCH3 is 1. The zero-order valence-corrected chi connectivity index (χ0v) is 8.71. The molecule has 1 unspecified atom stereocenters. The van der Waals surface area contributed by atoms with Crippen molar-refractivity contribution in [1.82, 2.24) is 4.90 Å². The second-order valence-corrected chi connectivity index (χ2v) is 3.46. The quantitative estimate of drug-likeness (QED) is 0.644. The summed E-state index contributed by atoms with van der Waals surface area (Å²) in [6.07, 6.45) is 1.23. The Labute approximate surface area is 75.9 Å². The highest BCUT2D eigenvalue weighted by Gasteiger charge is 2.08. The largest absolute Gasteiger partial charge is 0.380 e. The van der Waals surface area contributed by atoms with E-state index < -0.39 is 0 Å². The molecule has 12 heavy (non-hydrogen) atoms. The molecule has 0 aliphatic heterocycles. The van der Waals surface area contributed by atoms with E-state index in [1.165, 1.54) is 0 Å². The van der Waals surface area contributed by atoms with Crippen LogP contribution in [0.15, 0.2) is 0 Å². The summed E-state index contributed by atoms with van der Waals surface area (Å²) in [6.45, 7) is 6.03. The van der Waals surface area contributed by atoms with E-state index in [0.717, 1.165) is 13.0 Å². The van der Waals surface area contributed by atoms with Crippen molar-refractivity contribution in [2.45, 2.75) is 32.4 Å². The van der Waals surface area contributed by atoms with Crippen LogP contribution in [0, 0.1) is 0 Å². The molecule has 0 fully saturated rings. The van der Waals surface area contributed by atoms with Gasteiger partial charge in [-0.1, -0.05) is 0 Å². The van der Waals surface area contributed by atoms with Crippen molar-refractivity contribution in [3.8, 4) is 0 Å². The molecule has 0 spiro atoms. The van der Waals surface area contributed by atoms with Crippen molar-refractivity contribution in [2.24, 2.45) is 5.73 Å². The number of ether oxygens (including phenoxy) is 1. The Balaban J connectivity index is 3.51. The molecule has 3 heteroatoms. The van der Waals surface area contributed by atoms with Gasteiger partial charge in [0.2, 0.25) is 0 Å². The summed E-state index contributed by atoms with van der Waals surface area (Å²) in [7, 11) is 3.83. The lowest BCUT2D eigenvalue weighted by Gasteiger charge is -2.23. The number of rotatable bonds is 6. The standard InChI is InChI=1S/C9H22N2O/c1-8(2)11(3)6-5-9(7-10)12-4/h8-9H,5-7,10H2,1-4H3. The molecule has 2 N–H and O–H groups in total. The Morgan fingerprint density at radius 1 is 1.42 bits per heavy atom. The number of hydrogen-bond donors (Lipinski definition) is 1. The van der Waals surface area contributed by atoms with Gasteiger partial charge in [-0.15, -0.1) is 0 Å². The first-order chi connectivity index (χ1) is 5.61.